The van der Waals surface area contributed by atoms with Gasteiger partial charge in [-0.2, -0.15) is 25.9 Å². The minimum atomic E-state index is -4.52. The number of piperidine rings is 1. The van der Waals surface area contributed by atoms with Crippen molar-refractivity contribution in [2.45, 2.75) is 58.4 Å². The molecule has 36 heavy (non-hydrogen) atoms. The summed E-state index contributed by atoms with van der Waals surface area (Å²) in [6.45, 7) is 5.34. The van der Waals surface area contributed by atoms with Crippen molar-refractivity contribution in [3.63, 3.8) is 0 Å². The number of hydrogen-bond acceptors (Lipinski definition) is 6. The molecule has 0 aromatic heterocycles. The fourth-order valence-corrected chi connectivity index (χ4v) is 5.70. The summed E-state index contributed by atoms with van der Waals surface area (Å²) in [5, 5.41) is 5.08. The first-order valence-electron chi connectivity index (χ1n) is 11.5. The van der Waals surface area contributed by atoms with Crippen molar-refractivity contribution in [2.75, 3.05) is 35.8 Å². The first-order chi connectivity index (χ1) is 16.6. The van der Waals surface area contributed by atoms with Gasteiger partial charge < -0.3 is 14.8 Å². The van der Waals surface area contributed by atoms with E-state index in [2.05, 4.69) is 10.6 Å². The minimum absolute atomic E-state index is 0.0100. The van der Waals surface area contributed by atoms with Crippen LogP contribution in [0.5, 0.6) is 5.75 Å². The van der Waals surface area contributed by atoms with E-state index in [1.165, 1.54) is 25.1 Å². The van der Waals surface area contributed by atoms with E-state index < -0.39 is 46.6 Å². The van der Waals surface area contributed by atoms with Crippen molar-refractivity contribution in [3.05, 3.63) is 18.2 Å². The second kappa shape index (κ2) is 10.3. The second-order valence-corrected chi connectivity index (χ2v) is 11.6. The van der Waals surface area contributed by atoms with Crippen LogP contribution < -0.4 is 19.7 Å². The summed E-state index contributed by atoms with van der Waals surface area (Å²) in [6.07, 6.45) is -6.15. The average Bonchev–Trinajstić information content (AvgIpc) is 2.75. The van der Waals surface area contributed by atoms with Crippen LogP contribution in [0.3, 0.4) is 0 Å². The SMILES string of the molecule is CC(=O)NC[C@H]1CN(S(=O)(=O)N2CCCC(C(F)(F)F)C2)c2cc(NC(=O)OC(C)(C)C)ccc2O1. The molecular weight excluding hydrogens is 505 g/mol. The smallest absolute Gasteiger partial charge is 0.412 e. The van der Waals surface area contributed by atoms with Gasteiger partial charge in [0.25, 0.3) is 0 Å². The Kier molecular flexibility index (Phi) is 7.98. The van der Waals surface area contributed by atoms with E-state index in [1.807, 2.05) is 0 Å². The highest BCUT2D eigenvalue weighted by Crippen LogP contribution is 2.40. The molecule has 1 fully saturated rings. The van der Waals surface area contributed by atoms with Crippen LogP contribution >= 0.6 is 0 Å². The van der Waals surface area contributed by atoms with E-state index in [4.69, 9.17) is 9.47 Å². The Morgan fingerprint density at radius 1 is 1.19 bits per heavy atom. The standard InChI is InChI=1S/C22H31F3N4O6S/c1-14(30)26-11-17-13-29(36(32,33)28-9-5-6-15(12-28)22(23,24)25)18-10-16(7-8-19(18)34-17)27-20(31)35-21(2,3)4/h7-8,10,15,17H,5-6,9,11-13H2,1-4H3,(H,26,30)(H,27,31)/t15?,17-/m0/s1. The topological polar surface area (TPSA) is 117 Å². The van der Waals surface area contributed by atoms with Crippen LogP contribution in [0.25, 0.3) is 0 Å². The first-order valence-corrected chi connectivity index (χ1v) is 12.9. The van der Waals surface area contributed by atoms with E-state index in [-0.39, 0.29) is 55.5 Å². The highest BCUT2D eigenvalue weighted by molar-refractivity contribution is 7.90. The number of nitrogens with zero attached hydrogens (tertiary/aromatic N) is 2. The normalized spacial score (nSPS) is 21.2. The summed E-state index contributed by atoms with van der Waals surface area (Å²) in [5.74, 6) is -1.98. The summed E-state index contributed by atoms with van der Waals surface area (Å²) in [5.41, 5.74) is -0.507. The highest BCUT2D eigenvalue weighted by Gasteiger charge is 2.46. The Morgan fingerprint density at radius 2 is 1.89 bits per heavy atom. The quantitative estimate of drug-likeness (QED) is 0.597. The number of fused-ring (bicyclic) bond motifs is 1. The van der Waals surface area contributed by atoms with Crippen molar-refractivity contribution in [1.82, 2.24) is 9.62 Å². The molecule has 2 amide bonds. The third-order valence-electron chi connectivity index (χ3n) is 5.57. The number of alkyl halides is 3. The van der Waals surface area contributed by atoms with Crippen LogP contribution in [0, 0.1) is 5.92 Å². The number of hydrogen-bond donors (Lipinski definition) is 2. The Morgan fingerprint density at radius 3 is 2.50 bits per heavy atom. The predicted octanol–water partition coefficient (Wildman–Crippen LogP) is 3.26. The van der Waals surface area contributed by atoms with Gasteiger partial charge in [-0.1, -0.05) is 0 Å². The van der Waals surface area contributed by atoms with E-state index in [9.17, 15) is 31.2 Å². The van der Waals surface area contributed by atoms with Gasteiger partial charge >= 0.3 is 22.5 Å². The van der Waals surface area contributed by atoms with Crippen molar-refractivity contribution >= 4 is 33.6 Å². The Labute approximate surface area is 208 Å². The summed E-state index contributed by atoms with van der Waals surface area (Å²) in [6, 6.07) is 4.28. The van der Waals surface area contributed by atoms with Gasteiger partial charge in [0, 0.05) is 25.7 Å². The number of rotatable bonds is 5. The molecule has 0 bridgehead atoms. The maximum Gasteiger partial charge on any atom is 0.412 e. The van der Waals surface area contributed by atoms with Crippen LogP contribution in [-0.4, -0.2) is 68.8 Å². The minimum Gasteiger partial charge on any atom is -0.484 e. The maximum absolute atomic E-state index is 13.6. The third kappa shape index (κ3) is 6.93. The van der Waals surface area contributed by atoms with Gasteiger partial charge in [0.05, 0.1) is 24.7 Å². The van der Waals surface area contributed by atoms with Crippen LogP contribution in [0.2, 0.25) is 0 Å². The molecule has 0 aliphatic carbocycles. The molecule has 2 aliphatic heterocycles. The predicted molar refractivity (Wildman–Crippen MR) is 126 cm³/mol. The van der Waals surface area contributed by atoms with Crippen LogP contribution in [0.1, 0.15) is 40.5 Å². The molecular formula is C22H31F3N4O6S. The largest absolute Gasteiger partial charge is 0.484 e. The van der Waals surface area contributed by atoms with E-state index >= 15 is 0 Å². The molecule has 2 heterocycles. The molecule has 202 valence electrons. The number of nitrogens with one attached hydrogen (secondary N) is 2. The van der Waals surface area contributed by atoms with Gasteiger partial charge in [-0.05, 0) is 51.8 Å². The first kappa shape index (κ1) is 27.8. The van der Waals surface area contributed by atoms with Gasteiger partial charge in [-0.25, -0.2) is 4.79 Å². The number of benzene rings is 1. The van der Waals surface area contributed by atoms with E-state index in [0.29, 0.717) is 0 Å². The van der Waals surface area contributed by atoms with Crippen molar-refractivity contribution in [3.8, 4) is 5.75 Å². The third-order valence-corrected chi connectivity index (χ3v) is 7.45. The molecule has 2 atom stereocenters. The number of amides is 2. The highest BCUT2D eigenvalue weighted by atomic mass is 32.2. The summed E-state index contributed by atoms with van der Waals surface area (Å²) < 4.78 is 80.2. The second-order valence-electron chi connectivity index (χ2n) is 9.76. The van der Waals surface area contributed by atoms with Crippen molar-refractivity contribution in [1.29, 1.82) is 0 Å². The Bertz CT molecular complexity index is 1090. The van der Waals surface area contributed by atoms with Crippen molar-refractivity contribution < 1.29 is 40.7 Å². The van der Waals surface area contributed by atoms with Gasteiger partial charge in [-0.3, -0.25) is 14.4 Å². The summed E-state index contributed by atoms with van der Waals surface area (Å²) in [4.78, 5) is 23.6. The fourth-order valence-electron chi connectivity index (χ4n) is 3.95. The molecule has 0 saturated carbocycles. The Balaban J connectivity index is 1.93. The molecule has 10 nitrogen and oxygen atoms in total. The number of anilines is 2. The van der Waals surface area contributed by atoms with Crippen LogP contribution in [0.4, 0.5) is 29.3 Å². The molecule has 2 aliphatic rings. The zero-order valence-corrected chi connectivity index (χ0v) is 21.3. The van der Waals surface area contributed by atoms with Crippen molar-refractivity contribution in [2.24, 2.45) is 5.92 Å². The zero-order valence-electron chi connectivity index (χ0n) is 20.5. The van der Waals surface area contributed by atoms with Gasteiger partial charge in [0.1, 0.15) is 17.5 Å². The van der Waals surface area contributed by atoms with Gasteiger partial charge in [0.2, 0.25) is 5.91 Å². The molecule has 1 aromatic carbocycles. The fraction of sp³-hybridized carbons (Fsp3) is 0.636. The number of carbonyl (C=O) groups is 2. The number of carbonyl (C=O) groups excluding carboxylic acids is 2. The number of ether oxygens (including phenoxy) is 2. The lowest BCUT2D eigenvalue weighted by molar-refractivity contribution is -0.182. The summed E-state index contributed by atoms with van der Waals surface area (Å²) >= 11 is 0. The lowest BCUT2D eigenvalue weighted by atomic mass is 9.99. The van der Waals surface area contributed by atoms with Crippen LogP contribution in [-0.2, 0) is 19.7 Å². The molecule has 1 aromatic rings. The molecule has 0 spiro atoms. The van der Waals surface area contributed by atoms with Crippen LogP contribution in [0.15, 0.2) is 18.2 Å². The maximum atomic E-state index is 13.6. The van der Waals surface area contributed by atoms with E-state index in [1.54, 1.807) is 20.8 Å². The molecule has 14 heteroatoms. The lowest BCUT2D eigenvalue weighted by Crippen LogP contribution is -2.55. The zero-order chi connectivity index (χ0) is 26.9. The average molecular weight is 537 g/mol. The lowest BCUT2D eigenvalue weighted by Gasteiger charge is -2.40. The van der Waals surface area contributed by atoms with E-state index in [0.717, 1.165) is 8.61 Å². The molecule has 1 saturated heterocycles. The molecule has 2 N–H and O–H groups in total. The van der Waals surface area contributed by atoms with Gasteiger partial charge in [0.15, 0.2) is 0 Å². The van der Waals surface area contributed by atoms with Gasteiger partial charge in [-0.15, -0.1) is 0 Å². The monoisotopic (exact) mass is 536 g/mol. The molecule has 0 radical (unpaired) electrons. The Hall–Kier alpha value is -2.74. The molecule has 1 unspecified atom stereocenters. The molecule has 3 rings (SSSR count). The summed E-state index contributed by atoms with van der Waals surface area (Å²) in [7, 11) is -4.41. The number of halogens is 3.